The van der Waals surface area contributed by atoms with Crippen molar-refractivity contribution in [3.63, 3.8) is 0 Å². The summed E-state index contributed by atoms with van der Waals surface area (Å²) in [6.45, 7) is -0.379. The zero-order chi connectivity index (χ0) is 20.5. The van der Waals surface area contributed by atoms with Crippen molar-refractivity contribution in [1.82, 2.24) is 15.5 Å². The molecular weight excluding hydrogens is 399 g/mol. The molecule has 0 radical (unpaired) electrons. The minimum atomic E-state index is -5.28. The summed E-state index contributed by atoms with van der Waals surface area (Å²) in [7, 11) is 0. The molecule has 1 aliphatic rings. The van der Waals surface area contributed by atoms with Gasteiger partial charge in [0.15, 0.2) is 0 Å². The van der Waals surface area contributed by atoms with Crippen LogP contribution >= 0.6 is 11.6 Å². The zero-order valence-corrected chi connectivity index (χ0v) is 14.8. The summed E-state index contributed by atoms with van der Waals surface area (Å²) in [5.41, 5.74) is -3.32. The van der Waals surface area contributed by atoms with Crippen molar-refractivity contribution in [3.8, 4) is 0 Å². The first-order valence-electron chi connectivity index (χ1n) is 7.97. The first-order valence-corrected chi connectivity index (χ1v) is 8.35. The van der Waals surface area contributed by atoms with Gasteiger partial charge in [0.05, 0.1) is 6.54 Å². The Kier molecular flexibility index (Phi) is 5.03. The molecule has 10 heteroatoms. The van der Waals surface area contributed by atoms with Crippen LogP contribution in [0.25, 0.3) is 0 Å². The molecule has 6 nitrogen and oxygen atoms in total. The van der Waals surface area contributed by atoms with E-state index in [4.69, 9.17) is 11.6 Å². The van der Waals surface area contributed by atoms with Crippen LogP contribution in [0.15, 0.2) is 54.6 Å². The fraction of sp³-hybridized carbons (Fsp3) is 0.167. The summed E-state index contributed by atoms with van der Waals surface area (Å²) in [6.07, 6.45) is -5.28. The fourth-order valence-electron chi connectivity index (χ4n) is 2.71. The van der Waals surface area contributed by atoms with Crippen LogP contribution in [0.2, 0.25) is 5.02 Å². The molecule has 1 heterocycles. The second-order valence-electron chi connectivity index (χ2n) is 6.02. The van der Waals surface area contributed by atoms with Gasteiger partial charge in [-0.25, -0.2) is 4.79 Å². The number of hydrogen-bond acceptors (Lipinski definition) is 3. The van der Waals surface area contributed by atoms with Gasteiger partial charge in [0, 0.05) is 10.6 Å². The number of carbonyl (C=O) groups is 3. The van der Waals surface area contributed by atoms with E-state index in [0.29, 0.717) is 10.5 Å². The first-order chi connectivity index (χ1) is 13.1. The number of benzene rings is 2. The molecule has 4 amide bonds. The highest BCUT2D eigenvalue weighted by Gasteiger charge is 2.68. The summed E-state index contributed by atoms with van der Waals surface area (Å²) in [6, 6.07) is 11.9. The third-order valence-corrected chi connectivity index (χ3v) is 4.34. The van der Waals surface area contributed by atoms with Crippen LogP contribution in [0, 0.1) is 0 Å². The molecule has 2 aromatic rings. The second kappa shape index (κ2) is 7.16. The van der Waals surface area contributed by atoms with Crippen LogP contribution in [0.1, 0.15) is 15.9 Å². The van der Waals surface area contributed by atoms with E-state index in [9.17, 15) is 27.6 Å². The van der Waals surface area contributed by atoms with E-state index in [1.165, 1.54) is 18.2 Å². The summed E-state index contributed by atoms with van der Waals surface area (Å²) in [4.78, 5) is 37.5. The molecule has 28 heavy (non-hydrogen) atoms. The molecule has 1 unspecified atom stereocenters. The third-order valence-electron chi connectivity index (χ3n) is 4.10. The van der Waals surface area contributed by atoms with Crippen LogP contribution in [-0.4, -0.2) is 34.6 Å². The van der Waals surface area contributed by atoms with Gasteiger partial charge < -0.3 is 5.32 Å². The molecule has 1 atom stereocenters. The number of carbonyl (C=O) groups excluding carboxylic acids is 3. The molecule has 1 saturated heterocycles. The van der Waals surface area contributed by atoms with Crippen LogP contribution < -0.4 is 10.6 Å². The number of nitrogens with one attached hydrogen (secondary N) is 2. The van der Waals surface area contributed by atoms with Crippen molar-refractivity contribution < 1.29 is 27.6 Å². The second-order valence-corrected chi connectivity index (χ2v) is 6.46. The minimum Gasteiger partial charge on any atom is -0.314 e. The predicted octanol–water partition coefficient (Wildman–Crippen LogP) is 3.08. The zero-order valence-electron chi connectivity index (χ0n) is 14.1. The topological polar surface area (TPSA) is 78.5 Å². The van der Waals surface area contributed by atoms with E-state index in [1.54, 1.807) is 41.0 Å². The number of halogens is 4. The molecular formula is C18H13ClF3N3O3. The number of nitrogens with zero attached hydrogens (tertiary/aromatic N) is 1. The first kappa shape index (κ1) is 19.7. The number of imide groups is 1. The van der Waals surface area contributed by atoms with Crippen LogP contribution in [0.3, 0.4) is 0 Å². The van der Waals surface area contributed by atoms with E-state index >= 15 is 0 Å². The minimum absolute atomic E-state index is 0.126. The Morgan fingerprint density at radius 2 is 1.79 bits per heavy atom. The molecule has 3 rings (SSSR count). The van der Waals surface area contributed by atoms with Gasteiger partial charge >= 0.3 is 12.2 Å². The highest BCUT2D eigenvalue weighted by Crippen LogP contribution is 2.34. The third kappa shape index (κ3) is 3.53. The normalized spacial score (nSPS) is 19.5. The monoisotopic (exact) mass is 411 g/mol. The smallest absolute Gasteiger partial charge is 0.314 e. The average Bonchev–Trinajstić information content (AvgIpc) is 2.87. The maximum absolute atomic E-state index is 13.8. The highest BCUT2D eigenvalue weighted by atomic mass is 35.5. The van der Waals surface area contributed by atoms with E-state index in [0.717, 1.165) is 6.07 Å². The van der Waals surface area contributed by atoms with E-state index in [2.05, 4.69) is 0 Å². The summed E-state index contributed by atoms with van der Waals surface area (Å²) < 4.78 is 41.4. The maximum atomic E-state index is 13.8. The number of amides is 4. The molecule has 2 aromatic carbocycles. The number of hydrogen-bond donors (Lipinski definition) is 2. The Balaban J connectivity index is 1.92. The highest BCUT2D eigenvalue weighted by molar-refractivity contribution is 6.31. The van der Waals surface area contributed by atoms with Crippen molar-refractivity contribution in [3.05, 3.63) is 70.7 Å². The van der Waals surface area contributed by atoms with Gasteiger partial charge in [-0.05, 0) is 23.8 Å². The van der Waals surface area contributed by atoms with Gasteiger partial charge in [0.25, 0.3) is 17.5 Å². The molecule has 1 aliphatic heterocycles. The van der Waals surface area contributed by atoms with Gasteiger partial charge in [0.2, 0.25) is 0 Å². The van der Waals surface area contributed by atoms with Gasteiger partial charge in [-0.1, -0.05) is 48.0 Å². The Morgan fingerprint density at radius 1 is 1.11 bits per heavy atom. The standard InChI is InChI=1S/C18H13ClF3N3O3/c19-13-8-4-7-12(9-13)14(26)23-17(18(20,21)22)15(27)25(16(28)24-17)10-11-5-2-1-3-6-11/h1-9H,10H2,(H,23,26)(H,24,28). The van der Waals surface area contributed by atoms with Crippen LogP contribution in [-0.2, 0) is 11.3 Å². The summed E-state index contributed by atoms with van der Waals surface area (Å²) >= 11 is 5.75. The van der Waals surface area contributed by atoms with Crippen molar-refractivity contribution in [2.24, 2.45) is 0 Å². The molecule has 1 fully saturated rings. The van der Waals surface area contributed by atoms with Crippen molar-refractivity contribution in [1.29, 1.82) is 0 Å². The molecule has 0 spiro atoms. The lowest BCUT2D eigenvalue weighted by Gasteiger charge is -2.29. The molecule has 0 saturated carbocycles. The van der Waals surface area contributed by atoms with Gasteiger partial charge in [-0.15, -0.1) is 0 Å². The largest absolute Gasteiger partial charge is 0.440 e. The fourth-order valence-corrected chi connectivity index (χ4v) is 2.90. The van der Waals surface area contributed by atoms with Gasteiger partial charge in [-0.3, -0.25) is 19.8 Å². The van der Waals surface area contributed by atoms with Crippen molar-refractivity contribution in [2.75, 3.05) is 0 Å². The summed E-state index contributed by atoms with van der Waals surface area (Å²) in [5, 5.41) is 3.34. The molecule has 0 aliphatic carbocycles. The van der Waals surface area contributed by atoms with Crippen molar-refractivity contribution >= 4 is 29.4 Å². The van der Waals surface area contributed by atoms with Gasteiger partial charge in [-0.2, -0.15) is 13.2 Å². The van der Waals surface area contributed by atoms with E-state index in [1.807, 2.05) is 0 Å². The lowest BCUT2D eigenvalue weighted by Crippen LogP contribution is -2.69. The quantitative estimate of drug-likeness (QED) is 0.759. The van der Waals surface area contributed by atoms with E-state index < -0.39 is 29.7 Å². The number of rotatable bonds is 4. The van der Waals surface area contributed by atoms with Crippen LogP contribution in [0.5, 0.6) is 0 Å². The molecule has 0 bridgehead atoms. The predicted molar refractivity (Wildman–Crippen MR) is 93.2 cm³/mol. The van der Waals surface area contributed by atoms with E-state index in [-0.39, 0.29) is 17.1 Å². The van der Waals surface area contributed by atoms with Crippen LogP contribution in [0.4, 0.5) is 18.0 Å². The molecule has 0 aromatic heterocycles. The lowest BCUT2D eigenvalue weighted by molar-refractivity contribution is -0.200. The van der Waals surface area contributed by atoms with Crippen molar-refractivity contribution in [2.45, 2.75) is 18.4 Å². The molecule has 2 N–H and O–H groups in total. The number of urea groups is 1. The Bertz CT molecular complexity index is 936. The Morgan fingerprint density at radius 3 is 2.39 bits per heavy atom. The Hall–Kier alpha value is -3.07. The maximum Gasteiger partial charge on any atom is 0.440 e. The molecule has 146 valence electrons. The SMILES string of the molecule is O=C(NC1(C(F)(F)F)NC(=O)N(Cc2ccccc2)C1=O)c1cccc(Cl)c1. The average molecular weight is 412 g/mol. The Labute approximate surface area is 162 Å². The number of alkyl halides is 3. The lowest BCUT2D eigenvalue weighted by atomic mass is 10.1. The summed E-state index contributed by atoms with van der Waals surface area (Å²) in [5.74, 6) is -2.83. The van der Waals surface area contributed by atoms with Gasteiger partial charge in [0.1, 0.15) is 0 Å².